The largest absolute Gasteiger partial charge is 0.468 e. The second-order valence-corrected chi connectivity index (χ2v) is 9.20. The molecule has 0 unspecified atom stereocenters. The molecule has 2 aromatic rings. The van der Waals surface area contributed by atoms with Crippen LogP contribution in [0.4, 0.5) is 5.69 Å². The van der Waals surface area contributed by atoms with Gasteiger partial charge in [0, 0.05) is 0 Å². The Kier molecular flexibility index (Phi) is 7.40. The van der Waals surface area contributed by atoms with E-state index in [2.05, 4.69) is 14.8 Å². The van der Waals surface area contributed by atoms with E-state index in [9.17, 15) is 22.8 Å². The van der Waals surface area contributed by atoms with Crippen molar-refractivity contribution in [3.63, 3.8) is 0 Å². The van der Waals surface area contributed by atoms with Gasteiger partial charge in [0.05, 0.1) is 28.7 Å². The molecule has 9 nitrogen and oxygen atoms in total. The van der Waals surface area contributed by atoms with Gasteiger partial charge in [-0.15, -0.1) is 0 Å². The second kappa shape index (κ2) is 9.61. The van der Waals surface area contributed by atoms with Crippen molar-refractivity contribution in [2.45, 2.75) is 25.7 Å². The molecule has 0 saturated carbocycles. The van der Waals surface area contributed by atoms with Crippen molar-refractivity contribution in [1.82, 2.24) is 5.32 Å². The molecule has 0 heterocycles. The van der Waals surface area contributed by atoms with E-state index in [1.807, 2.05) is 0 Å². The number of para-hydroxylation sites is 1. The fourth-order valence-corrected chi connectivity index (χ4v) is 3.32. The van der Waals surface area contributed by atoms with Crippen LogP contribution in [-0.2, 0) is 24.3 Å². The molecule has 1 amide bonds. The van der Waals surface area contributed by atoms with Crippen LogP contribution >= 0.6 is 0 Å². The van der Waals surface area contributed by atoms with Crippen molar-refractivity contribution >= 4 is 33.6 Å². The number of hydrogen-bond donors (Lipinski definition) is 2. The van der Waals surface area contributed by atoms with Crippen LogP contribution in [0.3, 0.4) is 0 Å². The van der Waals surface area contributed by atoms with Crippen LogP contribution < -0.4 is 14.8 Å². The molecule has 0 saturated heterocycles. The van der Waals surface area contributed by atoms with Crippen LogP contribution in [-0.4, -0.2) is 39.9 Å². The highest BCUT2D eigenvalue weighted by atomic mass is 32.2. The van der Waals surface area contributed by atoms with Gasteiger partial charge < -0.3 is 14.8 Å². The number of anilines is 1. The summed E-state index contributed by atoms with van der Waals surface area (Å²) in [4.78, 5) is 35.4. The third-order valence-electron chi connectivity index (χ3n) is 3.99. The predicted molar refractivity (Wildman–Crippen MR) is 113 cm³/mol. The monoisotopic (exact) mass is 448 g/mol. The fraction of sp³-hybridized carbons (Fsp3) is 0.286. The number of methoxy groups -OCH3 is 1. The van der Waals surface area contributed by atoms with E-state index in [0.29, 0.717) is 0 Å². The van der Waals surface area contributed by atoms with Crippen molar-refractivity contribution < 1.29 is 32.3 Å². The van der Waals surface area contributed by atoms with Gasteiger partial charge in [0.15, 0.2) is 0 Å². The Morgan fingerprint density at radius 3 is 2.16 bits per heavy atom. The predicted octanol–water partition coefficient (Wildman–Crippen LogP) is 2.34. The molecule has 0 fully saturated rings. The summed E-state index contributed by atoms with van der Waals surface area (Å²) >= 11 is 0. The minimum Gasteiger partial charge on any atom is -0.468 e. The maximum absolute atomic E-state index is 12.8. The number of carbonyl (C=O) groups excluding carboxylic acids is 3. The zero-order valence-corrected chi connectivity index (χ0v) is 18.4. The molecule has 166 valence electrons. The molecular weight excluding hydrogens is 424 g/mol. The molecule has 0 radical (unpaired) electrons. The first-order valence-corrected chi connectivity index (χ1v) is 10.7. The third-order valence-corrected chi connectivity index (χ3v) is 5.38. The van der Waals surface area contributed by atoms with Gasteiger partial charge in [-0.1, -0.05) is 12.1 Å². The summed E-state index contributed by atoms with van der Waals surface area (Å²) in [5, 5.41) is 2.36. The van der Waals surface area contributed by atoms with Gasteiger partial charge in [-0.2, -0.15) is 0 Å². The lowest BCUT2D eigenvalue weighted by Crippen LogP contribution is -2.31. The second-order valence-electron chi connectivity index (χ2n) is 7.52. The number of rotatable bonds is 7. The van der Waals surface area contributed by atoms with Crippen molar-refractivity contribution in [3.05, 3.63) is 54.1 Å². The Morgan fingerprint density at radius 1 is 0.968 bits per heavy atom. The maximum Gasteiger partial charge on any atom is 0.325 e. The Morgan fingerprint density at radius 2 is 1.58 bits per heavy atom. The highest BCUT2D eigenvalue weighted by Crippen LogP contribution is 2.23. The van der Waals surface area contributed by atoms with E-state index in [4.69, 9.17) is 4.74 Å². The van der Waals surface area contributed by atoms with Crippen LogP contribution in [0.1, 0.15) is 31.1 Å². The smallest absolute Gasteiger partial charge is 0.325 e. The highest BCUT2D eigenvalue weighted by Gasteiger charge is 2.24. The van der Waals surface area contributed by atoms with Gasteiger partial charge in [0.2, 0.25) is 0 Å². The first kappa shape index (κ1) is 23.9. The van der Waals surface area contributed by atoms with Gasteiger partial charge in [0.1, 0.15) is 12.3 Å². The average molecular weight is 448 g/mol. The minimum absolute atomic E-state index is 0.0331. The van der Waals surface area contributed by atoms with Crippen molar-refractivity contribution in [2.75, 3.05) is 18.4 Å². The number of ether oxygens (including phenoxy) is 2. The van der Waals surface area contributed by atoms with Gasteiger partial charge in [-0.25, -0.2) is 8.42 Å². The third kappa shape index (κ3) is 6.54. The van der Waals surface area contributed by atoms with Gasteiger partial charge >= 0.3 is 11.9 Å². The number of hydrogen-bond acceptors (Lipinski definition) is 7. The van der Waals surface area contributed by atoms with E-state index in [0.717, 1.165) is 0 Å². The summed E-state index contributed by atoms with van der Waals surface area (Å²) in [7, 11) is -2.85. The van der Waals surface area contributed by atoms with Crippen LogP contribution in [0.25, 0.3) is 0 Å². The first-order chi connectivity index (χ1) is 14.4. The minimum atomic E-state index is -4.04. The van der Waals surface area contributed by atoms with Crippen molar-refractivity contribution in [2.24, 2.45) is 5.41 Å². The zero-order chi connectivity index (χ0) is 23.2. The number of sulfonamides is 1. The maximum atomic E-state index is 12.8. The summed E-state index contributed by atoms with van der Waals surface area (Å²) in [5.74, 6) is -1.53. The van der Waals surface area contributed by atoms with Crippen LogP contribution in [0.15, 0.2) is 53.4 Å². The summed E-state index contributed by atoms with van der Waals surface area (Å²) in [5.41, 5.74) is -0.636. The highest BCUT2D eigenvalue weighted by molar-refractivity contribution is 7.92. The van der Waals surface area contributed by atoms with E-state index >= 15 is 0 Å². The molecule has 0 aliphatic carbocycles. The Balaban J connectivity index is 2.18. The van der Waals surface area contributed by atoms with Crippen LogP contribution in [0.5, 0.6) is 5.75 Å². The Labute approximate surface area is 180 Å². The van der Waals surface area contributed by atoms with E-state index < -0.39 is 33.3 Å². The van der Waals surface area contributed by atoms with Gasteiger partial charge in [0.25, 0.3) is 15.9 Å². The topological polar surface area (TPSA) is 128 Å². The molecule has 0 atom stereocenters. The van der Waals surface area contributed by atoms with E-state index in [1.165, 1.54) is 43.5 Å². The number of esters is 2. The fourth-order valence-electron chi connectivity index (χ4n) is 2.24. The number of carbonyl (C=O) groups is 3. The Bertz CT molecular complexity index is 1070. The average Bonchev–Trinajstić information content (AvgIpc) is 2.71. The molecule has 31 heavy (non-hydrogen) atoms. The number of benzene rings is 2. The SMILES string of the molecule is COC(=O)CNC(=O)c1ccccc1NS(=O)(=O)c1ccc(OC(=O)C(C)(C)C)cc1. The molecule has 2 rings (SSSR count). The molecule has 0 aromatic heterocycles. The summed E-state index contributed by atoms with van der Waals surface area (Å²) in [6.07, 6.45) is 0. The van der Waals surface area contributed by atoms with Crippen molar-refractivity contribution in [1.29, 1.82) is 0 Å². The lowest BCUT2D eigenvalue weighted by Gasteiger charge is -2.16. The quantitative estimate of drug-likeness (QED) is 0.491. The standard InChI is InChI=1S/C21H24N2O7S/c1-21(2,3)20(26)30-14-9-11-15(12-10-14)31(27,28)23-17-8-6-5-7-16(17)19(25)22-13-18(24)29-4/h5-12,23H,13H2,1-4H3,(H,22,25). The lowest BCUT2D eigenvalue weighted by atomic mass is 9.97. The number of nitrogens with one attached hydrogen (secondary N) is 2. The number of amides is 1. The molecule has 2 N–H and O–H groups in total. The lowest BCUT2D eigenvalue weighted by molar-refractivity contribution is -0.143. The van der Waals surface area contributed by atoms with E-state index in [1.54, 1.807) is 32.9 Å². The van der Waals surface area contributed by atoms with Crippen molar-refractivity contribution in [3.8, 4) is 5.75 Å². The summed E-state index contributed by atoms with van der Waals surface area (Å²) in [6, 6.07) is 11.3. The van der Waals surface area contributed by atoms with Gasteiger partial charge in [-0.05, 0) is 57.2 Å². The first-order valence-electron chi connectivity index (χ1n) is 9.23. The molecule has 0 bridgehead atoms. The normalized spacial score (nSPS) is 11.4. The van der Waals surface area contributed by atoms with Crippen LogP contribution in [0.2, 0.25) is 0 Å². The molecule has 2 aromatic carbocycles. The Hall–Kier alpha value is -3.40. The molecular formula is C21H24N2O7S. The van der Waals surface area contributed by atoms with Crippen LogP contribution in [0, 0.1) is 5.41 Å². The molecule has 0 spiro atoms. The van der Waals surface area contributed by atoms with E-state index in [-0.39, 0.29) is 28.4 Å². The van der Waals surface area contributed by atoms with Gasteiger partial charge in [-0.3, -0.25) is 19.1 Å². The summed E-state index contributed by atoms with van der Waals surface area (Å²) in [6.45, 7) is 4.76. The summed E-state index contributed by atoms with van der Waals surface area (Å²) < 4.78 is 37.6. The molecule has 0 aliphatic rings. The molecule has 10 heteroatoms. The zero-order valence-electron chi connectivity index (χ0n) is 17.6. The molecule has 0 aliphatic heterocycles.